The van der Waals surface area contributed by atoms with Gasteiger partial charge in [-0.2, -0.15) is 11.8 Å². The highest BCUT2D eigenvalue weighted by atomic mass is 32.2. The van der Waals surface area contributed by atoms with Gasteiger partial charge in [-0.1, -0.05) is 11.8 Å². The van der Waals surface area contributed by atoms with Crippen molar-refractivity contribution in [1.29, 1.82) is 0 Å². The van der Waals surface area contributed by atoms with Gasteiger partial charge in [0.25, 0.3) is 0 Å². The Labute approximate surface area is 131 Å². The normalized spacial score (nSPS) is 21.2. The van der Waals surface area contributed by atoms with Crippen LogP contribution >= 0.6 is 23.5 Å². The fraction of sp³-hybridized carbons (Fsp3) is 0.538. The zero-order chi connectivity index (χ0) is 15.5. The molecular weight excluding hydrogens is 310 g/mol. The van der Waals surface area contributed by atoms with Gasteiger partial charge in [-0.3, -0.25) is 4.79 Å². The van der Waals surface area contributed by atoms with Gasteiger partial charge in [-0.05, 0) is 32.1 Å². The first kappa shape index (κ1) is 16.1. The van der Waals surface area contributed by atoms with E-state index in [4.69, 9.17) is 0 Å². The number of hydrogen-bond donors (Lipinski definition) is 2. The standard InChI is InChI=1S/C13H17N3O3S2/c1-8-5-9(2)15-12(14-8)21-6-10(17)16-13(11(18)19)3-4-20-7-13/h5H,3-4,6-7H2,1-2H3,(H,16,17)(H,18,19). The molecule has 2 heterocycles. The number of aliphatic carboxylic acids is 1. The lowest BCUT2D eigenvalue weighted by Gasteiger charge is -2.24. The number of carbonyl (C=O) groups excluding carboxylic acids is 1. The van der Waals surface area contributed by atoms with Crippen molar-refractivity contribution in [3.8, 4) is 0 Å². The third-order valence-electron chi connectivity index (χ3n) is 3.10. The number of nitrogens with zero attached hydrogens (tertiary/aromatic N) is 2. The molecule has 1 atom stereocenters. The molecule has 0 saturated carbocycles. The second kappa shape index (κ2) is 6.65. The summed E-state index contributed by atoms with van der Waals surface area (Å²) in [6, 6.07) is 1.86. The fourth-order valence-electron chi connectivity index (χ4n) is 2.08. The SMILES string of the molecule is Cc1cc(C)nc(SCC(=O)NC2(C(=O)O)CCSC2)n1. The maximum Gasteiger partial charge on any atom is 0.330 e. The van der Waals surface area contributed by atoms with Crippen LogP contribution in [0.25, 0.3) is 0 Å². The second-order valence-electron chi connectivity index (χ2n) is 4.96. The number of nitrogens with one attached hydrogen (secondary N) is 1. The highest BCUT2D eigenvalue weighted by molar-refractivity contribution is 8.00. The van der Waals surface area contributed by atoms with Crippen molar-refractivity contribution in [3.63, 3.8) is 0 Å². The smallest absolute Gasteiger partial charge is 0.330 e. The molecule has 114 valence electrons. The average molecular weight is 327 g/mol. The van der Waals surface area contributed by atoms with E-state index in [0.29, 0.717) is 17.3 Å². The van der Waals surface area contributed by atoms with E-state index in [2.05, 4.69) is 15.3 Å². The Kier molecular flexibility index (Phi) is 5.10. The molecule has 1 fully saturated rings. The third-order valence-corrected chi connectivity index (χ3v) is 5.14. The molecule has 8 heteroatoms. The summed E-state index contributed by atoms with van der Waals surface area (Å²) in [5.74, 6) is 0.0162. The molecule has 6 nitrogen and oxygen atoms in total. The van der Waals surface area contributed by atoms with Gasteiger partial charge in [-0.25, -0.2) is 14.8 Å². The van der Waals surface area contributed by atoms with E-state index in [-0.39, 0.29) is 11.7 Å². The Hall–Kier alpha value is -1.28. The van der Waals surface area contributed by atoms with E-state index in [0.717, 1.165) is 17.1 Å². The third kappa shape index (κ3) is 4.10. The summed E-state index contributed by atoms with van der Waals surface area (Å²) in [7, 11) is 0. The number of carbonyl (C=O) groups is 2. The van der Waals surface area contributed by atoms with Crippen molar-refractivity contribution < 1.29 is 14.7 Å². The maximum absolute atomic E-state index is 12.0. The molecule has 1 aliphatic rings. The quantitative estimate of drug-likeness (QED) is 0.621. The molecule has 0 aromatic carbocycles. The predicted molar refractivity (Wildman–Crippen MR) is 82.7 cm³/mol. The van der Waals surface area contributed by atoms with Crippen LogP contribution in [0.2, 0.25) is 0 Å². The summed E-state index contributed by atoms with van der Waals surface area (Å²) in [5.41, 5.74) is 0.574. The summed E-state index contributed by atoms with van der Waals surface area (Å²) >= 11 is 2.76. The Morgan fingerprint density at radius 3 is 2.62 bits per heavy atom. The number of carboxylic acid groups (broad SMARTS) is 1. The topological polar surface area (TPSA) is 92.2 Å². The molecule has 1 unspecified atom stereocenters. The minimum absolute atomic E-state index is 0.114. The second-order valence-corrected chi connectivity index (χ2v) is 7.01. The number of hydrogen-bond acceptors (Lipinski definition) is 6. The van der Waals surface area contributed by atoms with Gasteiger partial charge in [0.05, 0.1) is 5.75 Å². The van der Waals surface area contributed by atoms with E-state index < -0.39 is 11.5 Å². The van der Waals surface area contributed by atoms with Crippen molar-refractivity contribution in [2.45, 2.75) is 31.0 Å². The lowest BCUT2D eigenvalue weighted by Crippen LogP contribution is -2.55. The van der Waals surface area contributed by atoms with Crippen molar-refractivity contribution in [2.24, 2.45) is 0 Å². The fourth-order valence-corrected chi connectivity index (χ4v) is 4.15. The van der Waals surface area contributed by atoms with E-state index in [1.54, 1.807) is 11.8 Å². The first-order chi connectivity index (χ1) is 9.91. The highest BCUT2D eigenvalue weighted by Gasteiger charge is 2.43. The highest BCUT2D eigenvalue weighted by Crippen LogP contribution is 2.28. The van der Waals surface area contributed by atoms with Gasteiger partial charge >= 0.3 is 5.97 Å². The van der Waals surface area contributed by atoms with Gasteiger partial charge < -0.3 is 10.4 Å². The van der Waals surface area contributed by atoms with Crippen molar-refractivity contribution in [3.05, 3.63) is 17.5 Å². The van der Waals surface area contributed by atoms with E-state index in [1.165, 1.54) is 11.8 Å². The molecule has 0 bridgehead atoms. The largest absolute Gasteiger partial charge is 0.479 e. The van der Waals surface area contributed by atoms with E-state index in [1.807, 2.05) is 19.9 Å². The number of aryl methyl sites for hydroxylation is 2. The number of rotatable bonds is 5. The number of carboxylic acids is 1. The zero-order valence-electron chi connectivity index (χ0n) is 11.9. The Morgan fingerprint density at radius 1 is 1.43 bits per heavy atom. The molecule has 21 heavy (non-hydrogen) atoms. The molecular formula is C13H17N3O3S2. The minimum atomic E-state index is -1.12. The van der Waals surface area contributed by atoms with Crippen molar-refractivity contribution >= 4 is 35.4 Å². The lowest BCUT2D eigenvalue weighted by molar-refractivity contribution is -0.146. The first-order valence-corrected chi connectivity index (χ1v) is 8.62. The Bertz CT molecular complexity index is 539. The van der Waals surface area contributed by atoms with Crippen LogP contribution in [0.4, 0.5) is 0 Å². The molecule has 1 saturated heterocycles. The molecule has 1 amide bonds. The first-order valence-electron chi connectivity index (χ1n) is 6.48. The van der Waals surface area contributed by atoms with E-state index >= 15 is 0 Å². The van der Waals surface area contributed by atoms with Gasteiger partial charge in [0.1, 0.15) is 5.54 Å². The average Bonchev–Trinajstić information content (AvgIpc) is 2.85. The van der Waals surface area contributed by atoms with Crippen molar-refractivity contribution in [1.82, 2.24) is 15.3 Å². The zero-order valence-corrected chi connectivity index (χ0v) is 13.5. The summed E-state index contributed by atoms with van der Waals surface area (Å²) in [6.07, 6.45) is 0.462. The summed E-state index contributed by atoms with van der Waals surface area (Å²) < 4.78 is 0. The number of amides is 1. The monoisotopic (exact) mass is 327 g/mol. The molecule has 2 rings (SSSR count). The molecule has 1 aliphatic heterocycles. The summed E-state index contributed by atoms with van der Waals surface area (Å²) in [4.78, 5) is 31.8. The Morgan fingerprint density at radius 2 is 2.10 bits per heavy atom. The van der Waals surface area contributed by atoms with Crippen LogP contribution in [-0.2, 0) is 9.59 Å². The number of thioether (sulfide) groups is 2. The van der Waals surface area contributed by atoms with Gasteiger partial charge in [0, 0.05) is 17.1 Å². The van der Waals surface area contributed by atoms with Crippen LogP contribution in [0.5, 0.6) is 0 Å². The van der Waals surface area contributed by atoms with Crippen LogP contribution < -0.4 is 5.32 Å². The van der Waals surface area contributed by atoms with Crippen LogP contribution in [0.3, 0.4) is 0 Å². The number of aromatic nitrogens is 2. The molecule has 0 radical (unpaired) electrons. The molecule has 0 spiro atoms. The lowest BCUT2D eigenvalue weighted by atomic mass is 9.99. The Balaban J connectivity index is 1.94. The molecule has 0 aliphatic carbocycles. The predicted octanol–water partition coefficient (Wildman–Crippen LogP) is 1.26. The van der Waals surface area contributed by atoms with Crippen LogP contribution in [0, 0.1) is 13.8 Å². The van der Waals surface area contributed by atoms with Gasteiger partial charge in [0.2, 0.25) is 5.91 Å². The van der Waals surface area contributed by atoms with Crippen molar-refractivity contribution in [2.75, 3.05) is 17.3 Å². The molecule has 2 N–H and O–H groups in total. The van der Waals surface area contributed by atoms with E-state index in [9.17, 15) is 14.7 Å². The molecule has 1 aromatic rings. The minimum Gasteiger partial charge on any atom is -0.479 e. The molecule has 1 aromatic heterocycles. The van der Waals surface area contributed by atoms with Crippen LogP contribution in [0.1, 0.15) is 17.8 Å². The van der Waals surface area contributed by atoms with Crippen LogP contribution in [0.15, 0.2) is 11.2 Å². The summed E-state index contributed by atoms with van der Waals surface area (Å²) in [6.45, 7) is 3.74. The summed E-state index contributed by atoms with van der Waals surface area (Å²) in [5, 5.41) is 12.5. The van der Waals surface area contributed by atoms with Crippen LogP contribution in [-0.4, -0.2) is 49.7 Å². The maximum atomic E-state index is 12.0. The van der Waals surface area contributed by atoms with Gasteiger partial charge in [0.15, 0.2) is 5.16 Å². The van der Waals surface area contributed by atoms with Gasteiger partial charge in [-0.15, -0.1) is 0 Å².